The van der Waals surface area contributed by atoms with Crippen LogP contribution >= 0.6 is 11.5 Å². The molecule has 2 heterocycles. The molecule has 0 spiro atoms. The van der Waals surface area contributed by atoms with Crippen LogP contribution in [0.25, 0.3) is 0 Å². The maximum atomic E-state index is 12.5. The molecule has 1 aromatic carbocycles. The van der Waals surface area contributed by atoms with Crippen LogP contribution in [0.15, 0.2) is 18.2 Å². The maximum absolute atomic E-state index is 12.5. The van der Waals surface area contributed by atoms with Gasteiger partial charge in [0.05, 0.1) is 25.6 Å². The van der Waals surface area contributed by atoms with E-state index in [0.717, 1.165) is 24.4 Å². The Labute approximate surface area is 173 Å². The highest BCUT2D eigenvalue weighted by molar-refractivity contribution is 7.07. The largest absolute Gasteiger partial charge is 0.493 e. The lowest BCUT2D eigenvalue weighted by molar-refractivity contribution is 0.0694. The van der Waals surface area contributed by atoms with E-state index in [9.17, 15) is 9.59 Å². The third-order valence-electron chi connectivity index (χ3n) is 4.95. The number of carbonyl (C=O) groups excluding carboxylic acids is 2. The number of carbonyl (C=O) groups is 2. The van der Waals surface area contributed by atoms with Crippen molar-refractivity contribution in [1.82, 2.24) is 19.8 Å². The van der Waals surface area contributed by atoms with Gasteiger partial charge in [-0.1, -0.05) is 10.6 Å². The first kappa shape index (κ1) is 20.8. The summed E-state index contributed by atoms with van der Waals surface area (Å²) in [5.74, 6) is 1.34. The lowest BCUT2D eigenvalue weighted by Gasteiger charge is -2.31. The molecule has 2 aromatic rings. The van der Waals surface area contributed by atoms with Crippen LogP contribution in [0.3, 0.4) is 0 Å². The van der Waals surface area contributed by atoms with Crippen molar-refractivity contribution < 1.29 is 19.1 Å². The van der Waals surface area contributed by atoms with E-state index in [0.29, 0.717) is 53.3 Å². The molecule has 9 nitrogen and oxygen atoms in total. The number of methoxy groups -OCH3 is 2. The highest BCUT2D eigenvalue weighted by Gasteiger charge is 2.26. The smallest absolute Gasteiger partial charge is 0.319 e. The molecule has 1 fully saturated rings. The molecule has 0 saturated carbocycles. The quantitative estimate of drug-likeness (QED) is 0.745. The number of amides is 3. The molecule has 29 heavy (non-hydrogen) atoms. The number of likely N-dealkylation sites (tertiary alicyclic amines) is 1. The molecule has 10 heteroatoms. The van der Waals surface area contributed by atoms with Crippen molar-refractivity contribution in [2.75, 3.05) is 39.2 Å². The summed E-state index contributed by atoms with van der Waals surface area (Å²) in [6, 6.07) is 4.99. The number of urea groups is 1. The number of aromatic nitrogens is 2. The highest BCUT2D eigenvalue weighted by Crippen LogP contribution is 2.34. The Morgan fingerprint density at radius 2 is 2.00 bits per heavy atom. The second kappa shape index (κ2) is 9.55. The Balaban J connectivity index is 1.46. The lowest BCUT2D eigenvalue weighted by atomic mass is 9.96. The molecule has 0 radical (unpaired) electrons. The van der Waals surface area contributed by atoms with Crippen molar-refractivity contribution in [2.24, 2.45) is 5.92 Å². The molecule has 1 saturated heterocycles. The van der Waals surface area contributed by atoms with Crippen molar-refractivity contribution >= 4 is 29.2 Å². The van der Waals surface area contributed by atoms with E-state index in [1.807, 2.05) is 4.90 Å². The number of nitrogens with zero attached hydrogens (tertiary/aromatic N) is 3. The summed E-state index contributed by atoms with van der Waals surface area (Å²) in [7, 11) is 3.07. The zero-order valence-corrected chi connectivity index (χ0v) is 17.5. The number of rotatable bonds is 6. The molecule has 0 atom stereocenters. The number of piperidine rings is 1. The standard InChI is InChI=1S/C19H25N5O4S/c1-12-17(29-23-22-12)18(25)24-9-7-13(8-10-24)11-20-19(26)21-14-5-4-6-15(27-2)16(14)28-3/h4-6,13H,7-11H2,1-3H3,(H2,20,21,26). The van der Waals surface area contributed by atoms with Crippen molar-refractivity contribution in [1.29, 1.82) is 0 Å². The number of para-hydroxylation sites is 1. The van der Waals surface area contributed by atoms with E-state index in [1.165, 1.54) is 7.11 Å². The van der Waals surface area contributed by atoms with Crippen LogP contribution < -0.4 is 20.1 Å². The SMILES string of the molecule is COc1cccc(NC(=O)NCC2CCN(C(=O)c3snnc3C)CC2)c1OC. The summed E-state index contributed by atoms with van der Waals surface area (Å²) < 4.78 is 14.4. The van der Waals surface area contributed by atoms with Gasteiger partial charge in [0.15, 0.2) is 11.5 Å². The predicted octanol–water partition coefficient (Wildman–Crippen LogP) is 2.54. The van der Waals surface area contributed by atoms with Gasteiger partial charge >= 0.3 is 6.03 Å². The van der Waals surface area contributed by atoms with Gasteiger partial charge in [-0.25, -0.2) is 4.79 Å². The molecule has 3 rings (SSSR count). The van der Waals surface area contributed by atoms with Gasteiger partial charge in [0, 0.05) is 19.6 Å². The molecular weight excluding hydrogens is 394 g/mol. The van der Waals surface area contributed by atoms with Gasteiger partial charge in [-0.2, -0.15) is 0 Å². The summed E-state index contributed by atoms with van der Waals surface area (Å²) in [5.41, 5.74) is 1.21. The van der Waals surface area contributed by atoms with Crippen LogP contribution in [-0.4, -0.2) is 60.3 Å². The lowest BCUT2D eigenvalue weighted by Crippen LogP contribution is -2.42. The normalized spacial score (nSPS) is 14.4. The predicted molar refractivity (Wildman–Crippen MR) is 110 cm³/mol. The molecule has 2 N–H and O–H groups in total. The maximum Gasteiger partial charge on any atom is 0.319 e. The van der Waals surface area contributed by atoms with Crippen molar-refractivity contribution in [3.05, 3.63) is 28.8 Å². The fraction of sp³-hybridized carbons (Fsp3) is 0.474. The van der Waals surface area contributed by atoms with E-state index < -0.39 is 0 Å². The van der Waals surface area contributed by atoms with Crippen LogP contribution in [0.5, 0.6) is 11.5 Å². The third kappa shape index (κ3) is 4.94. The fourth-order valence-corrected chi connectivity index (χ4v) is 3.93. The topological polar surface area (TPSA) is 106 Å². The number of nitrogens with one attached hydrogen (secondary N) is 2. The Bertz CT molecular complexity index is 864. The van der Waals surface area contributed by atoms with Gasteiger partial charge in [-0.3, -0.25) is 4.79 Å². The van der Waals surface area contributed by atoms with Crippen molar-refractivity contribution in [3.8, 4) is 11.5 Å². The highest BCUT2D eigenvalue weighted by atomic mass is 32.1. The van der Waals surface area contributed by atoms with Gasteiger partial charge in [0.1, 0.15) is 4.88 Å². The van der Waals surface area contributed by atoms with Gasteiger partial charge in [-0.05, 0) is 49.3 Å². The molecule has 156 valence electrons. The van der Waals surface area contributed by atoms with E-state index in [1.54, 1.807) is 32.2 Å². The first-order valence-electron chi connectivity index (χ1n) is 9.37. The van der Waals surface area contributed by atoms with Gasteiger partial charge in [0.2, 0.25) is 0 Å². The first-order valence-corrected chi connectivity index (χ1v) is 10.1. The molecule has 1 aliphatic rings. The van der Waals surface area contributed by atoms with Crippen LogP contribution in [0.2, 0.25) is 0 Å². The Morgan fingerprint density at radius 3 is 2.62 bits per heavy atom. The third-order valence-corrected chi connectivity index (χ3v) is 5.77. The Kier molecular flexibility index (Phi) is 6.86. The molecular formula is C19H25N5O4S. The zero-order chi connectivity index (χ0) is 20.8. The molecule has 1 aromatic heterocycles. The number of hydrogen-bond donors (Lipinski definition) is 2. The second-order valence-electron chi connectivity index (χ2n) is 6.80. The van der Waals surface area contributed by atoms with E-state index >= 15 is 0 Å². The average molecular weight is 420 g/mol. The zero-order valence-electron chi connectivity index (χ0n) is 16.7. The Hall–Kier alpha value is -2.88. The van der Waals surface area contributed by atoms with Gasteiger partial charge in [0.25, 0.3) is 5.91 Å². The number of hydrogen-bond acceptors (Lipinski definition) is 7. The van der Waals surface area contributed by atoms with Crippen molar-refractivity contribution in [2.45, 2.75) is 19.8 Å². The van der Waals surface area contributed by atoms with E-state index in [4.69, 9.17) is 9.47 Å². The van der Waals surface area contributed by atoms with Crippen LogP contribution in [0, 0.1) is 12.8 Å². The average Bonchev–Trinajstić information content (AvgIpc) is 3.17. The molecule has 3 amide bonds. The summed E-state index contributed by atoms with van der Waals surface area (Å²) in [5, 5.41) is 9.60. The minimum absolute atomic E-state index is 0.00762. The number of ether oxygens (including phenoxy) is 2. The molecule has 1 aliphatic heterocycles. The summed E-state index contributed by atoms with van der Waals surface area (Å²) in [6.07, 6.45) is 1.67. The number of anilines is 1. The fourth-order valence-electron chi connectivity index (χ4n) is 3.30. The van der Waals surface area contributed by atoms with Gasteiger partial charge in [-0.15, -0.1) is 5.10 Å². The summed E-state index contributed by atoms with van der Waals surface area (Å²) in [6.45, 7) is 3.66. The van der Waals surface area contributed by atoms with E-state index in [2.05, 4.69) is 20.2 Å². The number of benzene rings is 1. The van der Waals surface area contributed by atoms with Crippen LogP contribution in [0.1, 0.15) is 28.2 Å². The molecule has 0 bridgehead atoms. The summed E-state index contributed by atoms with van der Waals surface area (Å²) >= 11 is 1.14. The first-order chi connectivity index (χ1) is 14.0. The molecule has 0 unspecified atom stereocenters. The second-order valence-corrected chi connectivity index (χ2v) is 7.55. The van der Waals surface area contributed by atoms with E-state index in [-0.39, 0.29) is 11.9 Å². The molecule has 0 aliphatic carbocycles. The minimum atomic E-state index is -0.304. The number of aryl methyl sites for hydroxylation is 1. The van der Waals surface area contributed by atoms with Crippen LogP contribution in [0.4, 0.5) is 10.5 Å². The minimum Gasteiger partial charge on any atom is -0.493 e. The van der Waals surface area contributed by atoms with Gasteiger partial charge < -0.3 is 25.0 Å². The Morgan fingerprint density at radius 1 is 1.24 bits per heavy atom. The monoisotopic (exact) mass is 419 g/mol. The summed E-state index contributed by atoms with van der Waals surface area (Å²) in [4.78, 5) is 27.3. The van der Waals surface area contributed by atoms with Crippen molar-refractivity contribution in [3.63, 3.8) is 0 Å². The van der Waals surface area contributed by atoms with Crippen LogP contribution in [-0.2, 0) is 0 Å².